The van der Waals surface area contributed by atoms with Crippen LogP contribution in [0.15, 0.2) is 48.7 Å². The molecule has 0 spiro atoms. The fourth-order valence-electron chi connectivity index (χ4n) is 2.36. The number of hydrogen-bond acceptors (Lipinski definition) is 5. The number of rotatable bonds is 6. The number of halogens is 2. The molecule has 0 aliphatic rings. The minimum atomic E-state index is -0.588. The number of nitro groups is 1. The van der Waals surface area contributed by atoms with Crippen LogP contribution in [0, 0.1) is 10.1 Å². The summed E-state index contributed by atoms with van der Waals surface area (Å²) in [6.45, 7) is 2.40. The summed E-state index contributed by atoms with van der Waals surface area (Å²) in [5.41, 5.74) is -0.0487. The van der Waals surface area contributed by atoms with Gasteiger partial charge in [0.1, 0.15) is 11.5 Å². The van der Waals surface area contributed by atoms with Gasteiger partial charge in [-0.3, -0.25) is 19.6 Å². The normalized spacial score (nSPS) is 10.5. The highest BCUT2D eigenvalue weighted by Crippen LogP contribution is 2.30. The number of carbonyl (C=O) groups excluding carboxylic acids is 1. The maximum atomic E-state index is 12.5. The Morgan fingerprint density at radius 3 is 2.54 bits per heavy atom. The third-order valence-corrected chi connectivity index (χ3v) is 4.19. The van der Waals surface area contributed by atoms with Crippen LogP contribution in [0.2, 0.25) is 10.0 Å². The smallest absolute Gasteiger partial charge is 0.277 e. The van der Waals surface area contributed by atoms with E-state index in [1.165, 1.54) is 29.1 Å². The molecule has 8 nitrogen and oxygen atoms in total. The molecule has 1 amide bonds. The molecule has 0 saturated heterocycles. The van der Waals surface area contributed by atoms with E-state index in [0.29, 0.717) is 17.3 Å². The average molecular weight is 421 g/mol. The molecular formula is C18H14Cl2N4O4. The van der Waals surface area contributed by atoms with Crippen molar-refractivity contribution in [3.63, 3.8) is 0 Å². The van der Waals surface area contributed by atoms with Crippen LogP contribution in [-0.2, 0) is 6.54 Å². The van der Waals surface area contributed by atoms with Crippen molar-refractivity contribution in [2.75, 3.05) is 5.32 Å². The molecule has 0 atom stereocenters. The van der Waals surface area contributed by atoms with E-state index in [1.807, 2.05) is 6.92 Å². The van der Waals surface area contributed by atoms with Crippen molar-refractivity contribution >= 4 is 40.5 Å². The first-order valence-corrected chi connectivity index (χ1v) is 8.88. The van der Waals surface area contributed by atoms with Crippen LogP contribution in [-0.4, -0.2) is 20.6 Å². The van der Waals surface area contributed by atoms with Crippen LogP contribution in [0.5, 0.6) is 11.5 Å². The van der Waals surface area contributed by atoms with Gasteiger partial charge in [-0.1, -0.05) is 23.2 Å². The number of ether oxygens (including phenoxy) is 1. The van der Waals surface area contributed by atoms with Crippen LogP contribution in [0.25, 0.3) is 0 Å². The molecule has 0 aliphatic heterocycles. The highest BCUT2D eigenvalue weighted by Gasteiger charge is 2.18. The van der Waals surface area contributed by atoms with Crippen LogP contribution in [0.3, 0.4) is 0 Å². The summed E-state index contributed by atoms with van der Waals surface area (Å²) >= 11 is 11.9. The summed E-state index contributed by atoms with van der Waals surface area (Å²) in [5.74, 6) is 0.0269. The Morgan fingerprint density at radius 1 is 1.21 bits per heavy atom. The van der Waals surface area contributed by atoms with Gasteiger partial charge >= 0.3 is 0 Å². The summed E-state index contributed by atoms with van der Waals surface area (Å²) in [6.07, 6.45) is 1.53. The lowest BCUT2D eigenvalue weighted by Gasteiger charge is -2.09. The summed E-state index contributed by atoms with van der Waals surface area (Å²) in [4.78, 5) is 23.1. The largest absolute Gasteiger partial charge is 0.457 e. The lowest BCUT2D eigenvalue weighted by molar-refractivity contribution is -0.384. The Labute approximate surface area is 169 Å². The number of benzene rings is 2. The summed E-state index contributed by atoms with van der Waals surface area (Å²) in [7, 11) is 0. The van der Waals surface area contributed by atoms with E-state index < -0.39 is 10.8 Å². The number of nitro benzene ring substituents is 1. The van der Waals surface area contributed by atoms with Gasteiger partial charge < -0.3 is 10.1 Å². The zero-order valence-corrected chi connectivity index (χ0v) is 16.1. The molecule has 0 unspecified atom stereocenters. The van der Waals surface area contributed by atoms with Gasteiger partial charge in [-0.2, -0.15) is 5.10 Å². The third-order valence-electron chi connectivity index (χ3n) is 3.67. The lowest BCUT2D eigenvalue weighted by Crippen LogP contribution is -2.14. The Hall–Kier alpha value is -3.10. The van der Waals surface area contributed by atoms with Crippen molar-refractivity contribution < 1.29 is 14.5 Å². The van der Waals surface area contributed by atoms with Crippen LogP contribution in [0.1, 0.15) is 17.4 Å². The molecule has 10 heteroatoms. The fraction of sp³-hybridized carbons (Fsp3) is 0.111. The number of carbonyl (C=O) groups is 1. The van der Waals surface area contributed by atoms with Gasteiger partial charge in [-0.15, -0.1) is 0 Å². The van der Waals surface area contributed by atoms with Crippen LogP contribution >= 0.6 is 23.2 Å². The van der Waals surface area contributed by atoms with E-state index in [2.05, 4.69) is 10.4 Å². The first kappa shape index (κ1) is 19.7. The zero-order valence-electron chi connectivity index (χ0n) is 14.6. The third kappa shape index (κ3) is 4.59. The molecule has 0 aliphatic carbocycles. The molecule has 28 heavy (non-hydrogen) atoms. The number of nitrogens with zero attached hydrogens (tertiary/aromatic N) is 3. The second-order valence-corrected chi connectivity index (χ2v) is 6.51. The molecule has 2 aromatic carbocycles. The van der Waals surface area contributed by atoms with Crippen molar-refractivity contribution in [2.24, 2.45) is 0 Å². The van der Waals surface area contributed by atoms with E-state index >= 15 is 0 Å². The predicted octanol–water partition coefficient (Wildman–Crippen LogP) is 5.16. The first-order valence-electron chi connectivity index (χ1n) is 8.13. The monoisotopic (exact) mass is 420 g/mol. The van der Waals surface area contributed by atoms with E-state index in [-0.39, 0.29) is 27.8 Å². The maximum Gasteiger partial charge on any atom is 0.277 e. The van der Waals surface area contributed by atoms with E-state index in [4.69, 9.17) is 27.9 Å². The van der Waals surface area contributed by atoms with Gasteiger partial charge in [0.05, 0.1) is 21.7 Å². The zero-order chi connectivity index (χ0) is 20.3. The van der Waals surface area contributed by atoms with Crippen molar-refractivity contribution in [3.05, 3.63) is 74.5 Å². The Kier molecular flexibility index (Phi) is 5.81. The van der Waals surface area contributed by atoms with Gasteiger partial charge in [0.25, 0.3) is 11.6 Å². The van der Waals surface area contributed by atoms with E-state index in [0.717, 1.165) is 0 Å². The second-order valence-electron chi connectivity index (χ2n) is 5.66. The van der Waals surface area contributed by atoms with E-state index in [1.54, 1.807) is 24.3 Å². The highest BCUT2D eigenvalue weighted by molar-refractivity contribution is 6.34. The average Bonchev–Trinajstić information content (AvgIpc) is 3.04. The van der Waals surface area contributed by atoms with Gasteiger partial charge in [0, 0.05) is 29.9 Å². The standard InChI is InChI=1S/C18H14Cl2N4O4/c1-2-23-10-16(20)17(22-23)18(25)21-12-7-13(24(26)27)9-15(8-12)28-14-5-3-11(19)4-6-14/h3-10H,2H2,1H3,(H,21,25). The SMILES string of the molecule is CCn1cc(Cl)c(C(=O)Nc2cc(Oc3ccc(Cl)cc3)cc([N+](=O)[O-])c2)n1. The molecule has 0 saturated carbocycles. The Balaban J connectivity index is 1.88. The topological polar surface area (TPSA) is 99.3 Å². The molecule has 0 fully saturated rings. The van der Waals surface area contributed by atoms with Gasteiger partial charge in [0.15, 0.2) is 5.69 Å². The number of nitrogens with one attached hydrogen (secondary N) is 1. The number of aromatic nitrogens is 2. The van der Waals surface area contributed by atoms with Crippen molar-refractivity contribution in [3.8, 4) is 11.5 Å². The number of aryl methyl sites for hydroxylation is 1. The molecule has 0 radical (unpaired) electrons. The highest BCUT2D eigenvalue weighted by atomic mass is 35.5. The quantitative estimate of drug-likeness (QED) is 0.438. The minimum Gasteiger partial charge on any atom is -0.457 e. The van der Waals surface area contributed by atoms with Gasteiger partial charge in [-0.05, 0) is 31.2 Å². The predicted molar refractivity (Wildman–Crippen MR) is 105 cm³/mol. The maximum absolute atomic E-state index is 12.5. The first-order chi connectivity index (χ1) is 13.4. The number of hydrogen-bond donors (Lipinski definition) is 1. The van der Waals surface area contributed by atoms with Crippen molar-refractivity contribution in [1.29, 1.82) is 0 Å². The molecule has 1 heterocycles. The van der Waals surface area contributed by atoms with Crippen LogP contribution < -0.4 is 10.1 Å². The summed E-state index contributed by atoms with van der Waals surface area (Å²) in [6, 6.07) is 10.4. The molecule has 3 rings (SSSR count). The summed E-state index contributed by atoms with van der Waals surface area (Å²) < 4.78 is 7.15. The molecule has 1 aromatic heterocycles. The summed E-state index contributed by atoms with van der Waals surface area (Å²) in [5, 5.41) is 18.6. The number of non-ortho nitro benzene ring substituents is 1. The van der Waals surface area contributed by atoms with E-state index in [9.17, 15) is 14.9 Å². The fourth-order valence-corrected chi connectivity index (χ4v) is 2.72. The molecular weight excluding hydrogens is 407 g/mol. The second kappa shape index (κ2) is 8.28. The van der Waals surface area contributed by atoms with Gasteiger partial charge in [0.2, 0.25) is 0 Å². The van der Waals surface area contributed by atoms with Crippen molar-refractivity contribution in [2.45, 2.75) is 13.5 Å². The van der Waals surface area contributed by atoms with Crippen molar-refractivity contribution in [1.82, 2.24) is 9.78 Å². The lowest BCUT2D eigenvalue weighted by atomic mass is 10.2. The number of anilines is 1. The molecule has 3 aromatic rings. The Bertz CT molecular complexity index is 1030. The molecule has 144 valence electrons. The number of amides is 1. The molecule has 0 bridgehead atoms. The van der Waals surface area contributed by atoms with Crippen LogP contribution in [0.4, 0.5) is 11.4 Å². The van der Waals surface area contributed by atoms with Gasteiger partial charge in [-0.25, -0.2) is 0 Å². The minimum absolute atomic E-state index is 0.0233. The Morgan fingerprint density at radius 2 is 1.93 bits per heavy atom. The molecule has 1 N–H and O–H groups in total.